The van der Waals surface area contributed by atoms with Gasteiger partial charge in [0.15, 0.2) is 11.5 Å². The summed E-state index contributed by atoms with van der Waals surface area (Å²) in [5, 5.41) is 16.8. The topological polar surface area (TPSA) is 94.3 Å². The van der Waals surface area contributed by atoms with Crippen molar-refractivity contribution in [1.82, 2.24) is 0 Å². The minimum atomic E-state index is -0.489. The summed E-state index contributed by atoms with van der Waals surface area (Å²) in [6, 6.07) is 20.4. The minimum Gasteiger partial charge on any atom is -0.493 e. The molecule has 3 aromatic rings. The van der Waals surface area contributed by atoms with Gasteiger partial charge in [-0.25, -0.2) is 0 Å². The summed E-state index contributed by atoms with van der Waals surface area (Å²) < 4.78 is 10.6. The fourth-order valence-electron chi connectivity index (χ4n) is 3.35. The molecule has 0 aliphatic carbocycles. The van der Waals surface area contributed by atoms with Gasteiger partial charge in [0.1, 0.15) is 5.71 Å². The summed E-state index contributed by atoms with van der Waals surface area (Å²) >= 11 is 0. The second-order valence-corrected chi connectivity index (χ2v) is 6.88. The van der Waals surface area contributed by atoms with Crippen molar-refractivity contribution in [2.24, 2.45) is 5.10 Å². The molecule has 0 radical (unpaired) electrons. The number of benzene rings is 3. The van der Waals surface area contributed by atoms with Gasteiger partial charge in [-0.15, -0.1) is 0 Å². The van der Waals surface area contributed by atoms with Gasteiger partial charge >= 0.3 is 0 Å². The first-order valence-corrected chi connectivity index (χ1v) is 9.69. The molecule has 0 spiro atoms. The average Bonchev–Trinajstić information content (AvgIpc) is 3.15. The molecule has 1 aliphatic heterocycles. The summed E-state index contributed by atoms with van der Waals surface area (Å²) in [5.74, 6) is 0.780. The number of nitrogens with zero attached hydrogens (tertiary/aromatic N) is 3. The third kappa shape index (κ3) is 3.93. The van der Waals surface area contributed by atoms with Crippen LogP contribution in [0.25, 0.3) is 6.08 Å². The number of methoxy groups -OCH3 is 2. The number of carbonyl (C=O) groups is 1. The molecule has 0 bridgehead atoms. The van der Waals surface area contributed by atoms with Crippen LogP contribution in [0.1, 0.15) is 11.1 Å². The Kier molecular flexibility index (Phi) is 5.67. The number of hydrogen-bond acceptors (Lipinski definition) is 6. The molecule has 0 atom stereocenters. The van der Waals surface area contributed by atoms with Crippen molar-refractivity contribution in [3.63, 3.8) is 0 Å². The van der Waals surface area contributed by atoms with Crippen molar-refractivity contribution in [3.8, 4) is 11.5 Å². The molecule has 160 valence electrons. The number of carbonyl (C=O) groups excluding carboxylic acids is 1. The summed E-state index contributed by atoms with van der Waals surface area (Å²) in [5.41, 5.74) is 2.78. The van der Waals surface area contributed by atoms with E-state index in [-0.39, 0.29) is 11.6 Å². The van der Waals surface area contributed by atoms with E-state index in [0.717, 1.165) is 11.1 Å². The molecular formula is C24H19N3O5. The van der Waals surface area contributed by atoms with E-state index >= 15 is 0 Å². The number of amides is 1. The number of nitro benzene ring substituents is 1. The fraction of sp³-hybridized carbons (Fsp3) is 0.0833. The molecule has 3 aromatic carbocycles. The molecule has 0 saturated carbocycles. The van der Waals surface area contributed by atoms with Crippen molar-refractivity contribution in [3.05, 3.63) is 99.6 Å². The number of hydrazone groups is 1. The summed E-state index contributed by atoms with van der Waals surface area (Å²) in [6.07, 6.45) is 1.74. The molecule has 0 aromatic heterocycles. The number of non-ortho nitro benzene ring substituents is 1. The Bertz CT molecular complexity index is 1230. The molecule has 0 unspecified atom stereocenters. The van der Waals surface area contributed by atoms with Gasteiger partial charge < -0.3 is 9.47 Å². The average molecular weight is 429 g/mol. The van der Waals surface area contributed by atoms with Crippen molar-refractivity contribution in [2.45, 2.75) is 0 Å². The summed E-state index contributed by atoms with van der Waals surface area (Å²) in [6.45, 7) is 0. The van der Waals surface area contributed by atoms with E-state index in [1.807, 2.05) is 36.4 Å². The zero-order chi connectivity index (χ0) is 22.7. The van der Waals surface area contributed by atoms with Gasteiger partial charge in [-0.2, -0.15) is 10.1 Å². The number of ether oxygens (including phenoxy) is 2. The molecule has 4 rings (SSSR count). The largest absolute Gasteiger partial charge is 0.493 e. The Morgan fingerprint density at radius 1 is 0.938 bits per heavy atom. The molecule has 1 heterocycles. The Morgan fingerprint density at radius 2 is 1.62 bits per heavy atom. The van der Waals surface area contributed by atoms with Crippen LogP contribution in [0.2, 0.25) is 0 Å². The standard InChI is InChI=1S/C24H19N3O5/c1-31-21-13-8-16(15-22(21)32-2)14-20-23(17-6-4-3-5-7-17)25-26(24(20)28)18-9-11-19(12-10-18)27(29)30/h3-15H,1-2H3. The van der Waals surface area contributed by atoms with Gasteiger partial charge in [-0.3, -0.25) is 14.9 Å². The van der Waals surface area contributed by atoms with E-state index in [4.69, 9.17) is 9.47 Å². The highest BCUT2D eigenvalue weighted by Gasteiger charge is 2.32. The van der Waals surface area contributed by atoms with Gasteiger partial charge in [-0.1, -0.05) is 36.4 Å². The van der Waals surface area contributed by atoms with Crippen molar-refractivity contribution >= 4 is 29.1 Å². The van der Waals surface area contributed by atoms with E-state index in [1.54, 1.807) is 32.4 Å². The first-order chi connectivity index (χ1) is 15.5. The lowest BCUT2D eigenvalue weighted by molar-refractivity contribution is -0.384. The van der Waals surface area contributed by atoms with Crippen LogP contribution in [-0.2, 0) is 4.79 Å². The van der Waals surface area contributed by atoms with Crippen LogP contribution < -0.4 is 14.5 Å². The number of anilines is 1. The van der Waals surface area contributed by atoms with E-state index in [2.05, 4.69) is 5.10 Å². The highest BCUT2D eigenvalue weighted by atomic mass is 16.6. The minimum absolute atomic E-state index is 0.0613. The highest BCUT2D eigenvalue weighted by Crippen LogP contribution is 2.32. The molecule has 32 heavy (non-hydrogen) atoms. The van der Waals surface area contributed by atoms with Crippen molar-refractivity contribution in [2.75, 3.05) is 19.2 Å². The Hall–Kier alpha value is -4.46. The maximum atomic E-state index is 13.3. The Labute approximate surface area is 184 Å². The zero-order valence-electron chi connectivity index (χ0n) is 17.4. The Morgan fingerprint density at radius 3 is 2.25 bits per heavy atom. The van der Waals surface area contributed by atoms with E-state index in [0.29, 0.717) is 28.5 Å². The quantitative estimate of drug-likeness (QED) is 0.328. The normalized spacial score (nSPS) is 14.4. The fourth-order valence-corrected chi connectivity index (χ4v) is 3.35. The molecule has 0 fully saturated rings. The number of hydrogen-bond donors (Lipinski definition) is 0. The van der Waals surface area contributed by atoms with Crippen molar-refractivity contribution in [1.29, 1.82) is 0 Å². The van der Waals surface area contributed by atoms with Gasteiger partial charge in [0, 0.05) is 17.7 Å². The van der Waals surface area contributed by atoms with E-state index < -0.39 is 4.92 Å². The summed E-state index contributed by atoms with van der Waals surface area (Å²) in [4.78, 5) is 23.8. The third-order valence-electron chi connectivity index (χ3n) is 4.95. The SMILES string of the molecule is COc1ccc(C=C2C(=O)N(c3ccc([N+](=O)[O-])cc3)N=C2c2ccccc2)cc1OC. The van der Waals surface area contributed by atoms with Gasteiger partial charge in [0.2, 0.25) is 0 Å². The molecule has 1 amide bonds. The number of nitro groups is 1. The second-order valence-electron chi connectivity index (χ2n) is 6.88. The summed E-state index contributed by atoms with van der Waals surface area (Å²) in [7, 11) is 3.10. The first-order valence-electron chi connectivity index (χ1n) is 9.69. The molecule has 0 saturated heterocycles. The Balaban J connectivity index is 1.79. The van der Waals surface area contributed by atoms with Crippen LogP contribution in [0.15, 0.2) is 83.5 Å². The lowest BCUT2D eigenvalue weighted by atomic mass is 10.00. The van der Waals surface area contributed by atoms with Gasteiger partial charge in [-0.05, 0) is 35.9 Å². The van der Waals surface area contributed by atoms with Gasteiger partial charge in [0.05, 0.1) is 30.4 Å². The first kappa shape index (κ1) is 20.8. The van der Waals surface area contributed by atoms with Crippen LogP contribution >= 0.6 is 0 Å². The zero-order valence-corrected chi connectivity index (χ0v) is 17.4. The number of rotatable bonds is 6. The molecule has 1 aliphatic rings. The second kappa shape index (κ2) is 8.73. The van der Waals surface area contributed by atoms with Crippen molar-refractivity contribution < 1.29 is 19.2 Å². The predicted molar refractivity (Wildman–Crippen MR) is 121 cm³/mol. The molecule has 8 heteroatoms. The maximum absolute atomic E-state index is 13.3. The molecule has 8 nitrogen and oxygen atoms in total. The lowest BCUT2D eigenvalue weighted by Gasteiger charge is -2.11. The van der Waals surface area contributed by atoms with E-state index in [9.17, 15) is 14.9 Å². The van der Waals surface area contributed by atoms with Crippen LogP contribution in [0, 0.1) is 10.1 Å². The predicted octanol–water partition coefficient (Wildman–Crippen LogP) is 4.45. The van der Waals surface area contributed by atoms with E-state index in [1.165, 1.54) is 29.3 Å². The monoisotopic (exact) mass is 429 g/mol. The van der Waals surface area contributed by atoms with Crippen LogP contribution in [0.4, 0.5) is 11.4 Å². The van der Waals surface area contributed by atoms with Crippen LogP contribution in [0.3, 0.4) is 0 Å². The molecular weight excluding hydrogens is 410 g/mol. The highest BCUT2D eigenvalue weighted by molar-refractivity contribution is 6.37. The smallest absolute Gasteiger partial charge is 0.281 e. The third-order valence-corrected chi connectivity index (χ3v) is 4.95. The molecule has 0 N–H and O–H groups in total. The van der Waals surface area contributed by atoms with Crippen LogP contribution in [-0.4, -0.2) is 30.8 Å². The maximum Gasteiger partial charge on any atom is 0.281 e. The lowest BCUT2D eigenvalue weighted by Crippen LogP contribution is -2.21. The van der Waals surface area contributed by atoms with Gasteiger partial charge in [0.25, 0.3) is 11.6 Å². The van der Waals surface area contributed by atoms with Crippen LogP contribution in [0.5, 0.6) is 11.5 Å².